The number of nitrogens with one attached hydrogen (secondary N) is 3. The molecule has 0 saturated carbocycles. The predicted molar refractivity (Wildman–Crippen MR) is 120 cm³/mol. The lowest BCUT2D eigenvalue weighted by Crippen LogP contribution is -2.52. The van der Waals surface area contributed by atoms with Crippen molar-refractivity contribution < 1.29 is 19.5 Å². The Morgan fingerprint density at radius 2 is 1.77 bits per heavy atom. The van der Waals surface area contributed by atoms with Gasteiger partial charge in [-0.2, -0.15) is 0 Å². The van der Waals surface area contributed by atoms with Crippen LogP contribution in [0.5, 0.6) is 0 Å². The normalized spacial score (nSPS) is 12.9. The number of rotatable bonds is 9. The van der Waals surface area contributed by atoms with Crippen LogP contribution in [0.25, 0.3) is 0 Å². The van der Waals surface area contributed by atoms with Gasteiger partial charge in [0.1, 0.15) is 12.1 Å². The SMILES string of the molecule is C[C@@H](NC(=S)Nc1ccccc1)C(=O)N[C@@H](CCCN(C(=O)O)C(C)(C)C)C(N)=O. The van der Waals surface area contributed by atoms with Gasteiger partial charge >= 0.3 is 6.09 Å². The Bertz CT molecular complexity index is 751. The van der Waals surface area contributed by atoms with Crippen molar-refractivity contribution >= 4 is 40.9 Å². The molecule has 166 valence electrons. The zero-order chi connectivity index (χ0) is 22.9. The minimum Gasteiger partial charge on any atom is -0.465 e. The van der Waals surface area contributed by atoms with E-state index in [4.69, 9.17) is 18.0 Å². The molecule has 0 fully saturated rings. The van der Waals surface area contributed by atoms with E-state index in [1.807, 2.05) is 30.3 Å². The second-order valence-corrected chi connectivity index (χ2v) is 8.31. The number of carboxylic acid groups (broad SMARTS) is 1. The van der Waals surface area contributed by atoms with Crippen LogP contribution in [0.15, 0.2) is 30.3 Å². The lowest BCUT2D eigenvalue weighted by atomic mass is 10.0. The molecule has 0 spiro atoms. The topological polar surface area (TPSA) is 137 Å². The number of carbonyl (C=O) groups excluding carboxylic acids is 2. The second kappa shape index (κ2) is 11.3. The van der Waals surface area contributed by atoms with Gasteiger partial charge in [0, 0.05) is 17.8 Å². The van der Waals surface area contributed by atoms with Crippen LogP contribution in [0.1, 0.15) is 40.5 Å². The molecule has 2 atom stereocenters. The van der Waals surface area contributed by atoms with E-state index in [1.54, 1.807) is 27.7 Å². The summed E-state index contributed by atoms with van der Waals surface area (Å²) in [6.07, 6.45) is -0.451. The van der Waals surface area contributed by atoms with Crippen LogP contribution < -0.4 is 21.7 Å². The standard InChI is InChI=1S/C20H31N5O4S/c1-13(22-18(30)23-14-9-6-5-7-10-14)17(27)24-15(16(21)26)11-8-12-25(19(28)29)20(2,3)4/h5-7,9-10,13,15H,8,11-12H2,1-4H3,(H2,21,26)(H,24,27)(H,28,29)(H2,22,23,30)/t13-,15+/m1/s1. The zero-order valence-electron chi connectivity index (χ0n) is 17.8. The van der Waals surface area contributed by atoms with Gasteiger partial charge in [-0.1, -0.05) is 18.2 Å². The zero-order valence-corrected chi connectivity index (χ0v) is 18.6. The van der Waals surface area contributed by atoms with E-state index in [-0.39, 0.29) is 18.1 Å². The van der Waals surface area contributed by atoms with Crippen molar-refractivity contribution in [1.29, 1.82) is 0 Å². The molecule has 0 radical (unpaired) electrons. The molecule has 0 heterocycles. The molecule has 0 saturated heterocycles. The molecule has 30 heavy (non-hydrogen) atoms. The fraction of sp³-hybridized carbons (Fsp3) is 0.500. The quantitative estimate of drug-likeness (QED) is 0.372. The molecule has 1 aromatic rings. The summed E-state index contributed by atoms with van der Waals surface area (Å²) in [4.78, 5) is 36.9. The van der Waals surface area contributed by atoms with E-state index < -0.39 is 35.5 Å². The van der Waals surface area contributed by atoms with Gasteiger partial charge in [0.2, 0.25) is 11.8 Å². The maximum Gasteiger partial charge on any atom is 0.407 e. The van der Waals surface area contributed by atoms with E-state index in [1.165, 1.54) is 4.90 Å². The smallest absolute Gasteiger partial charge is 0.407 e. The second-order valence-electron chi connectivity index (χ2n) is 7.90. The molecule has 0 bridgehead atoms. The number of nitrogens with two attached hydrogens (primary N) is 1. The fourth-order valence-corrected chi connectivity index (χ4v) is 3.00. The van der Waals surface area contributed by atoms with Gasteiger partial charge in [-0.15, -0.1) is 0 Å². The number of anilines is 1. The number of thiocarbonyl (C=S) groups is 1. The number of amides is 3. The Morgan fingerprint density at radius 3 is 2.27 bits per heavy atom. The summed E-state index contributed by atoms with van der Waals surface area (Å²) in [5.74, 6) is -1.12. The lowest BCUT2D eigenvalue weighted by Gasteiger charge is -2.33. The number of primary amides is 1. The molecule has 1 aromatic carbocycles. The Kier molecular flexibility index (Phi) is 9.51. The maximum atomic E-state index is 12.4. The first kappa shape index (κ1) is 25.2. The molecular weight excluding hydrogens is 406 g/mol. The summed E-state index contributed by atoms with van der Waals surface area (Å²) in [7, 11) is 0. The Morgan fingerprint density at radius 1 is 1.17 bits per heavy atom. The third-order valence-electron chi connectivity index (χ3n) is 4.35. The van der Waals surface area contributed by atoms with Crippen molar-refractivity contribution in [2.24, 2.45) is 5.73 Å². The Labute approximate surface area is 182 Å². The molecular formula is C20H31N5O4S. The number of carbonyl (C=O) groups is 3. The van der Waals surface area contributed by atoms with Gasteiger partial charge in [0.05, 0.1) is 0 Å². The Hall–Kier alpha value is -2.88. The highest BCUT2D eigenvalue weighted by Crippen LogP contribution is 2.15. The van der Waals surface area contributed by atoms with Crippen molar-refractivity contribution in [3.63, 3.8) is 0 Å². The van der Waals surface area contributed by atoms with Gasteiger partial charge in [-0.05, 0) is 64.9 Å². The maximum absolute atomic E-state index is 12.4. The minimum atomic E-state index is -1.04. The van der Waals surface area contributed by atoms with E-state index in [2.05, 4.69) is 16.0 Å². The molecule has 0 aliphatic carbocycles. The number of benzene rings is 1. The average molecular weight is 438 g/mol. The van der Waals surface area contributed by atoms with Crippen LogP contribution in [0.2, 0.25) is 0 Å². The highest BCUT2D eigenvalue weighted by Gasteiger charge is 2.27. The first-order chi connectivity index (χ1) is 13.9. The molecule has 3 amide bonds. The summed E-state index contributed by atoms with van der Waals surface area (Å²) < 4.78 is 0. The summed E-state index contributed by atoms with van der Waals surface area (Å²) in [5.41, 5.74) is 5.61. The first-order valence-corrected chi connectivity index (χ1v) is 10.1. The Balaban J connectivity index is 2.56. The minimum absolute atomic E-state index is 0.220. The number of para-hydroxylation sites is 1. The van der Waals surface area contributed by atoms with Crippen molar-refractivity contribution in [3.05, 3.63) is 30.3 Å². The largest absolute Gasteiger partial charge is 0.465 e. The summed E-state index contributed by atoms with van der Waals surface area (Å²) in [5, 5.41) is 18.0. The predicted octanol–water partition coefficient (Wildman–Crippen LogP) is 1.89. The monoisotopic (exact) mass is 437 g/mol. The van der Waals surface area contributed by atoms with Crippen LogP contribution in [-0.2, 0) is 9.59 Å². The van der Waals surface area contributed by atoms with Crippen LogP contribution in [-0.4, -0.2) is 57.2 Å². The van der Waals surface area contributed by atoms with Gasteiger partial charge in [0.25, 0.3) is 0 Å². The van der Waals surface area contributed by atoms with Crippen LogP contribution in [0.4, 0.5) is 10.5 Å². The van der Waals surface area contributed by atoms with Crippen LogP contribution in [0, 0.1) is 0 Å². The third-order valence-corrected chi connectivity index (χ3v) is 4.57. The van der Waals surface area contributed by atoms with E-state index >= 15 is 0 Å². The highest BCUT2D eigenvalue weighted by atomic mass is 32.1. The fourth-order valence-electron chi connectivity index (χ4n) is 2.70. The van der Waals surface area contributed by atoms with Crippen LogP contribution in [0.3, 0.4) is 0 Å². The summed E-state index contributed by atoms with van der Waals surface area (Å²) >= 11 is 5.20. The molecule has 0 aliphatic rings. The van der Waals surface area contributed by atoms with Gasteiger partial charge < -0.3 is 31.7 Å². The van der Waals surface area contributed by atoms with Gasteiger partial charge in [-0.25, -0.2) is 4.79 Å². The molecule has 10 heteroatoms. The molecule has 6 N–H and O–H groups in total. The molecule has 0 unspecified atom stereocenters. The van der Waals surface area contributed by atoms with E-state index in [9.17, 15) is 19.5 Å². The van der Waals surface area contributed by atoms with Crippen LogP contribution >= 0.6 is 12.2 Å². The third kappa shape index (κ3) is 8.64. The number of nitrogens with zero attached hydrogens (tertiary/aromatic N) is 1. The summed E-state index contributed by atoms with van der Waals surface area (Å²) in [6.45, 7) is 7.19. The molecule has 1 rings (SSSR count). The average Bonchev–Trinajstić information content (AvgIpc) is 2.62. The number of hydrogen-bond donors (Lipinski definition) is 5. The lowest BCUT2D eigenvalue weighted by molar-refractivity contribution is -0.128. The van der Waals surface area contributed by atoms with E-state index in [0.29, 0.717) is 6.42 Å². The first-order valence-electron chi connectivity index (χ1n) is 9.64. The van der Waals surface area contributed by atoms with Crippen molar-refractivity contribution in [1.82, 2.24) is 15.5 Å². The molecule has 9 nitrogen and oxygen atoms in total. The van der Waals surface area contributed by atoms with E-state index in [0.717, 1.165) is 5.69 Å². The van der Waals surface area contributed by atoms with Crippen molar-refractivity contribution in [2.75, 3.05) is 11.9 Å². The van der Waals surface area contributed by atoms with Gasteiger partial charge in [0.15, 0.2) is 5.11 Å². The molecule has 0 aliphatic heterocycles. The summed E-state index contributed by atoms with van der Waals surface area (Å²) in [6, 6.07) is 7.63. The van der Waals surface area contributed by atoms with Gasteiger partial charge in [-0.3, -0.25) is 9.59 Å². The van der Waals surface area contributed by atoms with Crippen molar-refractivity contribution in [2.45, 2.75) is 58.2 Å². The van der Waals surface area contributed by atoms with Crippen molar-refractivity contribution in [3.8, 4) is 0 Å². The highest BCUT2D eigenvalue weighted by molar-refractivity contribution is 7.80. The molecule has 0 aromatic heterocycles. The number of hydrogen-bond acceptors (Lipinski definition) is 4.